The molecule has 0 radical (unpaired) electrons. The number of nitrogens with one attached hydrogen (secondary N) is 2. The topological polar surface area (TPSA) is 62.7 Å². The molecule has 5 nitrogen and oxygen atoms in total. The number of halogens is 3. The van der Waals surface area contributed by atoms with Gasteiger partial charge in [-0.3, -0.25) is 0 Å². The summed E-state index contributed by atoms with van der Waals surface area (Å²) >= 11 is 0. The van der Waals surface area contributed by atoms with E-state index in [1.165, 1.54) is 18.5 Å². The summed E-state index contributed by atoms with van der Waals surface area (Å²) in [5, 5.41) is 5.52. The van der Waals surface area contributed by atoms with Gasteiger partial charge in [0.1, 0.15) is 6.33 Å². The lowest BCUT2D eigenvalue weighted by molar-refractivity contribution is -0.137. The molecule has 0 aliphatic heterocycles. The summed E-state index contributed by atoms with van der Waals surface area (Å²) in [5.41, 5.74) is -0.245. The van der Waals surface area contributed by atoms with E-state index < -0.39 is 11.7 Å². The maximum atomic E-state index is 12.4. The molecule has 19 heavy (non-hydrogen) atoms. The number of hydrogen-bond acceptors (Lipinski definition) is 5. The molecule has 0 saturated heterocycles. The average Bonchev–Trinajstić information content (AvgIpc) is 2.38. The van der Waals surface area contributed by atoms with Crippen LogP contribution >= 0.6 is 0 Å². The van der Waals surface area contributed by atoms with Crippen molar-refractivity contribution in [2.24, 2.45) is 0 Å². The summed E-state index contributed by atoms with van der Waals surface area (Å²) < 4.78 is 37.2. The zero-order valence-corrected chi connectivity index (χ0v) is 9.86. The zero-order chi connectivity index (χ0) is 13.9. The fourth-order valence-electron chi connectivity index (χ4n) is 1.35. The number of alkyl halides is 3. The summed E-state index contributed by atoms with van der Waals surface area (Å²) in [7, 11) is 1.65. The number of rotatable bonds is 3. The first-order valence-corrected chi connectivity index (χ1v) is 5.30. The number of nitrogens with zero attached hydrogens (tertiary/aromatic N) is 3. The van der Waals surface area contributed by atoms with Gasteiger partial charge in [0.25, 0.3) is 0 Å². The number of hydrogen-bond donors (Lipinski definition) is 2. The third kappa shape index (κ3) is 3.30. The molecule has 0 aliphatic carbocycles. The second kappa shape index (κ2) is 5.09. The number of benzene rings is 1. The Balaban J connectivity index is 2.15. The third-order valence-corrected chi connectivity index (χ3v) is 2.26. The first kappa shape index (κ1) is 13.1. The molecule has 0 bridgehead atoms. The Morgan fingerprint density at radius 2 is 1.63 bits per heavy atom. The quantitative estimate of drug-likeness (QED) is 0.897. The van der Waals surface area contributed by atoms with E-state index in [1.807, 2.05) is 0 Å². The molecular formula is C11H10F3N5. The minimum absolute atomic E-state index is 0.249. The fourth-order valence-corrected chi connectivity index (χ4v) is 1.35. The molecule has 0 saturated carbocycles. The second-order valence-electron chi connectivity index (χ2n) is 3.58. The van der Waals surface area contributed by atoms with Gasteiger partial charge in [0.2, 0.25) is 11.9 Å². The van der Waals surface area contributed by atoms with Crippen molar-refractivity contribution >= 4 is 17.6 Å². The predicted octanol–water partition coefficient (Wildman–Crippen LogP) is 2.68. The highest BCUT2D eigenvalue weighted by atomic mass is 19.4. The molecule has 0 unspecified atom stereocenters. The van der Waals surface area contributed by atoms with Gasteiger partial charge >= 0.3 is 6.18 Å². The lowest BCUT2D eigenvalue weighted by atomic mass is 10.2. The van der Waals surface area contributed by atoms with Crippen LogP contribution in [-0.4, -0.2) is 22.0 Å². The van der Waals surface area contributed by atoms with E-state index >= 15 is 0 Å². The van der Waals surface area contributed by atoms with E-state index in [9.17, 15) is 13.2 Å². The van der Waals surface area contributed by atoms with Gasteiger partial charge in [0.15, 0.2) is 0 Å². The van der Waals surface area contributed by atoms with Crippen molar-refractivity contribution in [2.45, 2.75) is 6.18 Å². The van der Waals surface area contributed by atoms with Crippen molar-refractivity contribution in [3.8, 4) is 0 Å². The summed E-state index contributed by atoms with van der Waals surface area (Å²) in [4.78, 5) is 11.7. The van der Waals surface area contributed by atoms with Gasteiger partial charge in [0.05, 0.1) is 5.56 Å². The Hall–Kier alpha value is -2.38. The Morgan fingerprint density at radius 1 is 1.00 bits per heavy atom. The molecule has 1 aromatic heterocycles. The monoisotopic (exact) mass is 269 g/mol. The van der Waals surface area contributed by atoms with Crippen molar-refractivity contribution < 1.29 is 13.2 Å². The van der Waals surface area contributed by atoms with Gasteiger partial charge in [-0.2, -0.15) is 18.2 Å². The smallest absolute Gasteiger partial charge is 0.357 e. The third-order valence-electron chi connectivity index (χ3n) is 2.26. The maximum absolute atomic E-state index is 12.4. The molecule has 2 N–H and O–H groups in total. The minimum Gasteiger partial charge on any atom is -0.357 e. The van der Waals surface area contributed by atoms with E-state index in [1.54, 1.807) is 7.05 Å². The summed E-state index contributed by atoms with van der Waals surface area (Å²) in [6, 6.07) is 4.60. The first-order chi connectivity index (χ1) is 8.99. The summed E-state index contributed by atoms with van der Waals surface area (Å²) in [6.07, 6.45) is -3.05. The van der Waals surface area contributed by atoms with Crippen LogP contribution in [0.2, 0.25) is 0 Å². The molecule has 2 rings (SSSR count). The molecule has 8 heteroatoms. The van der Waals surface area contributed by atoms with Crippen LogP contribution in [0.15, 0.2) is 30.6 Å². The zero-order valence-electron chi connectivity index (χ0n) is 9.86. The molecule has 0 amide bonds. The van der Waals surface area contributed by atoms with E-state index in [-0.39, 0.29) is 5.95 Å². The molecule has 0 fully saturated rings. The molecule has 2 aromatic rings. The van der Waals surface area contributed by atoms with Crippen LogP contribution in [0.4, 0.5) is 30.8 Å². The second-order valence-corrected chi connectivity index (χ2v) is 3.58. The summed E-state index contributed by atoms with van der Waals surface area (Å²) in [5.74, 6) is 0.614. The molecule has 0 aliphatic rings. The summed E-state index contributed by atoms with van der Waals surface area (Å²) in [6.45, 7) is 0. The lowest BCUT2D eigenvalue weighted by Crippen LogP contribution is -2.05. The SMILES string of the molecule is CNc1ncnc(Nc2ccc(C(F)(F)F)cc2)n1. The molecular weight excluding hydrogens is 259 g/mol. The molecule has 100 valence electrons. The highest BCUT2D eigenvalue weighted by Crippen LogP contribution is 2.30. The highest BCUT2D eigenvalue weighted by Gasteiger charge is 2.29. The van der Waals surface area contributed by atoms with E-state index in [0.717, 1.165) is 12.1 Å². The molecule has 0 spiro atoms. The highest BCUT2D eigenvalue weighted by molar-refractivity contribution is 5.54. The normalized spacial score (nSPS) is 11.2. The predicted molar refractivity (Wildman–Crippen MR) is 64.1 cm³/mol. The van der Waals surface area contributed by atoms with E-state index in [4.69, 9.17) is 0 Å². The minimum atomic E-state index is -4.34. The van der Waals surface area contributed by atoms with Gasteiger partial charge in [-0.1, -0.05) is 0 Å². The van der Waals surface area contributed by atoms with Gasteiger partial charge in [-0.15, -0.1) is 0 Å². The Bertz CT molecular complexity index is 553. The van der Waals surface area contributed by atoms with Crippen LogP contribution in [0, 0.1) is 0 Å². The van der Waals surface area contributed by atoms with Gasteiger partial charge in [0, 0.05) is 12.7 Å². The molecule has 1 heterocycles. The average molecular weight is 269 g/mol. The van der Waals surface area contributed by atoms with Crippen molar-refractivity contribution in [1.82, 2.24) is 15.0 Å². The number of anilines is 3. The van der Waals surface area contributed by atoms with Crippen molar-refractivity contribution in [3.63, 3.8) is 0 Å². The van der Waals surface area contributed by atoms with Crippen molar-refractivity contribution in [3.05, 3.63) is 36.2 Å². The first-order valence-electron chi connectivity index (χ1n) is 5.30. The van der Waals surface area contributed by atoms with Crippen LogP contribution in [0.3, 0.4) is 0 Å². The Labute approximate surface area is 106 Å². The van der Waals surface area contributed by atoms with Gasteiger partial charge < -0.3 is 10.6 Å². The fraction of sp³-hybridized carbons (Fsp3) is 0.182. The van der Waals surface area contributed by atoms with E-state index in [0.29, 0.717) is 11.6 Å². The molecule has 0 atom stereocenters. The lowest BCUT2D eigenvalue weighted by Gasteiger charge is -2.08. The van der Waals surface area contributed by atoms with Crippen LogP contribution in [0.5, 0.6) is 0 Å². The molecule has 1 aromatic carbocycles. The van der Waals surface area contributed by atoms with Crippen molar-refractivity contribution in [1.29, 1.82) is 0 Å². The van der Waals surface area contributed by atoms with Crippen LogP contribution < -0.4 is 10.6 Å². The van der Waals surface area contributed by atoms with Crippen LogP contribution in [0.25, 0.3) is 0 Å². The van der Waals surface area contributed by atoms with Gasteiger partial charge in [-0.05, 0) is 24.3 Å². The Morgan fingerprint density at radius 3 is 2.21 bits per heavy atom. The van der Waals surface area contributed by atoms with Gasteiger partial charge in [-0.25, -0.2) is 9.97 Å². The Kier molecular flexibility index (Phi) is 3.50. The van der Waals surface area contributed by atoms with Crippen molar-refractivity contribution in [2.75, 3.05) is 17.7 Å². The standard InChI is InChI=1S/C11H10F3N5/c1-15-9-16-6-17-10(19-9)18-8-4-2-7(3-5-8)11(12,13)14/h2-6H,1H3,(H2,15,16,17,18,19). The van der Waals surface area contributed by atoms with Crippen LogP contribution in [0.1, 0.15) is 5.56 Å². The largest absolute Gasteiger partial charge is 0.416 e. The van der Waals surface area contributed by atoms with E-state index in [2.05, 4.69) is 25.6 Å². The maximum Gasteiger partial charge on any atom is 0.416 e. The number of aromatic nitrogens is 3. The van der Waals surface area contributed by atoms with Crippen LogP contribution in [-0.2, 0) is 6.18 Å².